The van der Waals surface area contributed by atoms with Gasteiger partial charge in [0.1, 0.15) is 6.61 Å². The van der Waals surface area contributed by atoms with Crippen molar-refractivity contribution in [1.29, 1.82) is 0 Å². The molecule has 2 aliphatic rings. The molecule has 0 bridgehead atoms. The molecule has 0 aromatic heterocycles. The molecule has 2 saturated carbocycles. The van der Waals surface area contributed by atoms with Crippen LogP contribution >= 0.6 is 0 Å². The first-order chi connectivity index (χ1) is 10.6. The van der Waals surface area contributed by atoms with E-state index in [9.17, 15) is 5.11 Å². The van der Waals surface area contributed by atoms with Crippen molar-refractivity contribution in [3.05, 3.63) is 0 Å². The Kier molecular flexibility index (Phi) is 6.24. The molecular formula is C17H32N2O3. The van der Waals surface area contributed by atoms with Crippen LogP contribution in [-0.2, 0) is 4.84 Å². The molecule has 0 aromatic rings. The highest BCUT2D eigenvalue weighted by Gasteiger charge is 2.58. The molecule has 0 unspecified atom stereocenters. The summed E-state index contributed by atoms with van der Waals surface area (Å²) in [5, 5.41) is 24.2. The lowest BCUT2D eigenvalue weighted by Gasteiger charge is -2.48. The summed E-state index contributed by atoms with van der Waals surface area (Å²) in [6.45, 7) is 3.40. The Morgan fingerprint density at radius 1 is 1.32 bits per heavy atom. The number of hydrogen-bond acceptors (Lipinski definition) is 5. The lowest BCUT2D eigenvalue weighted by Crippen LogP contribution is -2.50. The molecular weight excluding hydrogens is 280 g/mol. The number of rotatable bonds is 8. The van der Waals surface area contributed by atoms with Crippen molar-refractivity contribution in [3.63, 3.8) is 0 Å². The molecule has 2 rings (SSSR count). The fourth-order valence-electron chi connectivity index (χ4n) is 4.43. The summed E-state index contributed by atoms with van der Waals surface area (Å²) in [6.07, 6.45) is 9.88. The van der Waals surface area contributed by atoms with E-state index >= 15 is 0 Å². The number of oxime groups is 1. The van der Waals surface area contributed by atoms with Crippen LogP contribution in [0.1, 0.15) is 58.3 Å². The molecule has 0 spiro atoms. The lowest BCUT2D eigenvalue weighted by atomic mass is 9.60. The van der Waals surface area contributed by atoms with Gasteiger partial charge >= 0.3 is 0 Å². The second kappa shape index (κ2) is 7.75. The van der Waals surface area contributed by atoms with E-state index in [4.69, 9.17) is 15.7 Å². The summed E-state index contributed by atoms with van der Waals surface area (Å²) in [4.78, 5) is 5.13. The van der Waals surface area contributed by atoms with E-state index in [2.05, 4.69) is 12.1 Å². The molecule has 4 N–H and O–H groups in total. The molecule has 0 saturated heterocycles. The minimum Gasteiger partial charge on any atom is -0.396 e. The molecule has 0 aromatic carbocycles. The van der Waals surface area contributed by atoms with Crippen LogP contribution in [0.15, 0.2) is 5.16 Å². The van der Waals surface area contributed by atoms with E-state index in [1.54, 1.807) is 0 Å². The number of nitrogens with two attached hydrogens (primary N) is 1. The Balaban J connectivity index is 1.93. The Labute approximate surface area is 133 Å². The van der Waals surface area contributed by atoms with Gasteiger partial charge < -0.3 is 20.8 Å². The summed E-state index contributed by atoms with van der Waals surface area (Å²) in [7, 11) is 0. The van der Waals surface area contributed by atoms with Crippen LogP contribution in [0.4, 0.5) is 0 Å². The van der Waals surface area contributed by atoms with E-state index in [1.165, 1.54) is 0 Å². The minimum absolute atomic E-state index is 0.0872. The van der Waals surface area contributed by atoms with Gasteiger partial charge in [-0.3, -0.25) is 0 Å². The number of unbranched alkanes of at least 4 members (excludes halogenated alkanes) is 1. The maximum absolute atomic E-state index is 11.2. The Morgan fingerprint density at radius 3 is 2.86 bits per heavy atom. The number of aliphatic hydroxyl groups excluding tert-OH is 1. The van der Waals surface area contributed by atoms with Gasteiger partial charge in [0.15, 0.2) is 0 Å². The second-order valence-corrected chi connectivity index (χ2v) is 7.30. The third-order valence-electron chi connectivity index (χ3n) is 5.99. The molecule has 2 aliphatic carbocycles. The van der Waals surface area contributed by atoms with Gasteiger partial charge in [-0.05, 0) is 44.4 Å². The van der Waals surface area contributed by atoms with Crippen LogP contribution in [0.5, 0.6) is 0 Å². The van der Waals surface area contributed by atoms with Gasteiger partial charge in [0.05, 0.1) is 5.60 Å². The van der Waals surface area contributed by atoms with Gasteiger partial charge in [-0.15, -0.1) is 0 Å². The van der Waals surface area contributed by atoms with E-state index < -0.39 is 5.60 Å². The number of nitrogens with zero attached hydrogens (tertiary/aromatic N) is 1. The first kappa shape index (κ1) is 17.7. The average molecular weight is 312 g/mol. The maximum atomic E-state index is 11.2. The predicted molar refractivity (Wildman–Crippen MR) is 87.6 cm³/mol. The molecule has 5 nitrogen and oxygen atoms in total. The third kappa shape index (κ3) is 3.63. The monoisotopic (exact) mass is 312 g/mol. The van der Waals surface area contributed by atoms with E-state index in [1.807, 2.05) is 6.21 Å². The summed E-state index contributed by atoms with van der Waals surface area (Å²) in [5.41, 5.74) is 4.73. The highest BCUT2D eigenvalue weighted by atomic mass is 16.6. The maximum Gasteiger partial charge on any atom is 0.129 e. The quantitative estimate of drug-likeness (QED) is 0.364. The first-order valence-electron chi connectivity index (χ1n) is 8.74. The van der Waals surface area contributed by atoms with E-state index in [0.29, 0.717) is 19.1 Å². The van der Waals surface area contributed by atoms with Crippen molar-refractivity contribution in [2.24, 2.45) is 28.1 Å². The molecule has 0 heterocycles. The van der Waals surface area contributed by atoms with Crippen LogP contribution in [0.25, 0.3) is 0 Å². The van der Waals surface area contributed by atoms with Crippen LogP contribution in [0.3, 0.4) is 0 Å². The average Bonchev–Trinajstić information content (AvgIpc) is 2.76. The van der Waals surface area contributed by atoms with Crippen LogP contribution in [0, 0.1) is 17.3 Å². The van der Waals surface area contributed by atoms with E-state index in [0.717, 1.165) is 51.4 Å². The zero-order valence-electron chi connectivity index (χ0n) is 13.8. The lowest BCUT2D eigenvalue weighted by molar-refractivity contribution is -0.107. The number of hydrogen-bond donors (Lipinski definition) is 3. The summed E-state index contributed by atoms with van der Waals surface area (Å²) in [6, 6.07) is 0. The fraction of sp³-hybridized carbons (Fsp3) is 0.941. The smallest absolute Gasteiger partial charge is 0.129 e. The van der Waals surface area contributed by atoms with Crippen LogP contribution in [-0.4, -0.2) is 41.8 Å². The highest BCUT2D eigenvalue weighted by molar-refractivity contribution is 5.62. The molecule has 4 atom stereocenters. The summed E-state index contributed by atoms with van der Waals surface area (Å²) in [5.74, 6) is 0.877. The fourth-order valence-corrected chi connectivity index (χ4v) is 4.43. The predicted octanol–water partition coefficient (Wildman–Crippen LogP) is 2.06. The highest BCUT2D eigenvalue weighted by Crippen LogP contribution is 2.59. The van der Waals surface area contributed by atoms with Crippen molar-refractivity contribution in [1.82, 2.24) is 0 Å². The molecule has 128 valence electrons. The molecule has 5 heteroatoms. The Morgan fingerprint density at radius 2 is 2.14 bits per heavy atom. The van der Waals surface area contributed by atoms with Crippen molar-refractivity contribution in [2.75, 3.05) is 19.8 Å². The summed E-state index contributed by atoms with van der Waals surface area (Å²) >= 11 is 0. The number of fused-ring (bicyclic) bond motifs is 1. The van der Waals surface area contributed by atoms with Crippen molar-refractivity contribution in [3.8, 4) is 0 Å². The zero-order valence-corrected chi connectivity index (χ0v) is 13.8. The van der Waals surface area contributed by atoms with Crippen LogP contribution in [0.2, 0.25) is 0 Å². The Hall–Kier alpha value is -0.650. The van der Waals surface area contributed by atoms with Gasteiger partial charge in [-0.1, -0.05) is 24.9 Å². The second-order valence-electron chi connectivity index (χ2n) is 7.30. The SMILES string of the molecule is C[C@]12CC[C@H](CCCCO)C[C@@]1(O)CC[C@@H]2C=NOCCN. The summed E-state index contributed by atoms with van der Waals surface area (Å²) < 4.78 is 0. The van der Waals surface area contributed by atoms with Gasteiger partial charge in [-0.25, -0.2) is 0 Å². The van der Waals surface area contributed by atoms with Gasteiger partial charge in [0.2, 0.25) is 0 Å². The third-order valence-corrected chi connectivity index (χ3v) is 5.99. The standard InChI is InChI=1S/C17H32N2O3/c1-16-7-5-14(4-2-3-10-20)12-17(16,21)8-6-15(16)13-19-22-11-9-18/h13-15,20-21H,2-12,18H2,1H3/t14-,15+,16+,17-/m0/s1. The van der Waals surface area contributed by atoms with Crippen molar-refractivity contribution < 1.29 is 15.1 Å². The van der Waals surface area contributed by atoms with Gasteiger partial charge in [-0.2, -0.15) is 0 Å². The molecule has 2 fully saturated rings. The van der Waals surface area contributed by atoms with Crippen LogP contribution < -0.4 is 5.73 Å². The first-order valence-corrected chi connectivity index (χ1v) is 8.74. The minimum atomic E-state index is -0.570. The number of aliphatic hydroxyl groups is 2. The zero-order chi connectivity index (χ0) is 16.1. The van der Waals surface area contributed by atoms with Crippen molar-refractivity contribution in [2.45, 2.75) is 63.9 Å². The molecule has 0 aliphatic heterocycles. The Bertz CT molecular complexity index is 377. The largest absolute Gasteiger partial charge is 0.396 e. The van der Waals surface area contributed by atoms with E-state index in [-0.39, 0.29) is 17.9 Å². The molecule has 0 radical (unpaired) electrons. The van der Waals surface area contributed by atoms with Gasteiger partial charge in [0, 0.05) is 30.7 Å². The van der Waals surface area contributed by atoms with Gasteiger partial charge in [0.25, 0.3) is 0 Å². The normalized spacial score (nSPS) is 38.4. The topological polar surface area (TPSA) is 88.1 Å². The molecule has 22 heavy (non-hydrogen) atoms. The molecule has 0 amide bonds. The van der Waals surface area contributed by atoms with Crippen molar-refractivity contribution >= 4 is 6.21 Å².